The first-order valence-corrected chi connectivity index (χ1v) is 37.9. The van der Waals surface area contributed by atoms with E-state index in [-0.39, 0.29) is 43.3 Å². The Labute approximate surface area is 633 Å². The second-order valence-electron chi connectivity index (χ2n) is 38.1. The molecule has 566 valence electrons. The minimum Gasteiger partial charge on any atom is -0.496 e. The van der Waals surface area contributed by atoms with Crippen molar-refractivity contribution in [1.82, 2.24) is 0 Å². The van der Waals surface area contributed by atoms with Crippen molar-refractivity contribution in [2.45, 2.75) is 261 Å². The summed E-state index contributed by atoms with van der Waals surface area (Å²) >= 11 is 0. The molecule has 9 rings (SSSR count). The minimum atomic E-state index is -1.18. The second-order valence-corrected chi connectivity index (χ2v) is 38.1. The van der Waals surface area contributed by atoms with Crippen LogP contribution in [0.15, 0.2) is 97.1 Å². The van der Waals surface area contributed by atoms with Gasteiger partial charge in [-0.3, -0.25) is 0 Å². The van der Waals surface area contributed by atoms with Crippen molar-refractivity contribution < 1.29 is 43.0 Å². The number of hydrogen-bond donors (Lipinski definition) is 1. The van der Waals surface area contributed by atoms with Gasteiger partial charge in [-0.05, 0) is 178 Å². The summed E-state index contributed by atoms with van der Waals surface area (Å²) in [7, 11) is 14.3. The van der Waals surface area contributed by atoms with E-state index in [2.05, 4.69) is 263 Å². The van der Waals surface area contributed by atoms with Crippen LogP contribution in [-0.2, 0) is 88.3 Å². The number of benzene rings is 8. The molecule has 1 aliphatic carbocycles. The van der Waals surface area contributed by atoms with Gasteiger partial charge in [0.2, 0.25) is 0 Å². The molecule has 0 saturated carbocycles. The molecule has 0 amide bonds. The lowest BCUT2D eigenvalue weighted by atomic mass is 9.79. The highest BCUT2D eigenvalue weighted by atomic mass is 16.5. The van der Waals surface area contributed by atoms with Crippen LogP contribution in [0.2, 0.25) is 0 Å². The molecule has 16 bridgehead atoms. The Balaban J connectivity index is 1.43. The Morgan fingerprint density at radius 3 is 0.400 bits per heavy atom. The molecular weight excluding hydrogens is 1300 g/mol. The minimum absolute atomic E-state index is 0.219. The number of aliphatic hydroxyl groups excluding tert-OH is 1. The van der Waals surface area contributed by atoms with E-state index in [1.165, 1.54) is 33.4 Å². The molecule has 1 aliphatic rings. The average molecular weight is 1430 g/mol. The largest absolute Gasteiger partial charge is 0.496 e. The number of ether oxygens (including phenoxy) is 8. The first-order valence-electron chi connectivity index (χ1n) is 37.9. The Bertz CT molecular complexity index is 4230. The van der Waals surface area contributed by atoms with Gasteiger partial charge in [-0.25, -0.2) is 0 Å². The molecule has 0 unspecified atom stereocenters. The Morgan fingerprint density at radius 2 is 0.295 bits per heavy atom. The van der Waals surface area contributed by atoms with Gasteiger partial charge < -0.3 is 43.0 Å². The Hall–Kier alpha value is -7.88. The molecule has 0 spiro atoms. The smallest absolute Gasteiger partial charge is 0.128 e. The molecule has 8 aromatic carbocycles. The van der Waals surface area contributed by atoms with Crippen molar-refractivity contribution >= 4 is 0 Å². The van der Waals surface area contributed by atoms with E-state index in [1.807, 2.05) is 28.4 Å². The third-order valence-electron chi connectivity index (χ3n) is 21.7. The van der Waals surface area contributed by atoms with Crippen molar-refractivity contribution in [3.8, 4) is 46.0 Å². The molecule has 0 aliphatic heterocycles. The summed E-state index contributed by atoms with van der Waals surface area (Å²) in [5, 5.41) is 13.7. The maximum Gasteiger partial charge on any atom is 0.128 e. The van der Waals surface area contributed by atoms with Gasteiger partial charge in [-0.1, -0.05) is 251 Å². The lowest BCUT2D eigenvalue weighted by Gasteiger charge is -2.29. The van der Waals surface area contributed by atoms with Crippen LogP contribution in [0.25, 0.3) is 0 Å². The average Bonchev–Trinajstić information content (AvgIpc) is 0.768. The Kier molecular flexibility index (Phi) is 23.2. The van der Waals surface area contributed by atoms with Crippen LogP contribution < -0.4 is 37.9 Å². The number of methoxy groups -OCH3 is 8. The second kappa shape index (κ2) is 30.1. The highest BCUT2D eigenvalue weighted by molar-refractivity contribution is 5.64. The van der Waals surface area contributed by atoms with E-state index in [0.717, 1.165) is 124 Å². The fraction of sp³-hybridized carbons (Fsp3) is 0.500. The van der Waals surface area contributed by atoms with Crippen molar-refractivity contribution in [3.05, 3.63) is 231 Å². The van der Waals surface area contributed by atoms with Gasteiger partial charge in [0.05, 0.1) is 56.9 Å². The zero-order valence-electron chi connectivity index (χ0n) is 70.5. The van der Waals surface area contributed by atoms with Crippen LogP contribution >= 0.6 is 0 Å². The SMILES string of the molecule is COc1c2cc(C(C)(C)C)cc1Cc1cc(C(C)(C)C)cc(c1OC)Cc1cc(C(C)(C)C)cc(c1OC)Cc1cc(C(C)(C)C)cc(c1OC)C(O)c1cc(C(C)(C)C)cc(c1OC)Cc1cc(C(C)(C)C)cc(c1OC)Cc1cc(C(C)(C)C)cc(c1OC)Cc1cc(C(C)(C)C)cc(c1OC)C2. The van der Waals surface area contributed by atoms with E-state index >= 15 is 0 Å². The predicted octanol–water partition coefficient (Wildman–Crippen LogP) is 22.7. The molecule has 9 heteroatoms. The van der Waals surface area contributed by atoms with Crippen LogP contribution in [0.5, 0.6) is 46.0 Å². The molecule has 0 atom stereocenters. The number of fused-ring (bicyclic) bond motifs is 16. The summed E-state index contributed by atoms with van der Waals surface area (Å²) < 4.78 is 54.0. The van der Waals surface area contributed by atoms with Crippen molar-refractivity contribution in [3.63, 3.8) is 0 Å². The standard InChI is InChI=1S/C96H128O9/c1-89(2,3)70-40-56-33-57-41-71(90(4,5)6)43-59(82(57)99-26)35-61-45-73(92(10,11)12)47-63(84(61)101-28)37-65-49-75(94(16,17)18)51-67(86(65)103-30)39-69-53-77(96(22,23)24)55-79(88(69)105-32)80(97)78-54-76(95(19,20)21)52-68(87(78)104-31)38-66-50-74(93(13,14)15)48-64(85(66)102-29)36-62-46-72(91(7,8)9)44-60(83(62)100-27)34-58(42-70)81(56)98-25/h40-55,80,97H,33-39H2,1-32H3. The van der Waals surface area contributed by atoms with Gasteiger partial charge >= 0.3 is 0 Å². The molecule has 105 heavy (non-hydrogen) atoms. The van der Waals surface area contributed by atoms with E-state index in [4.69, 9.17) is 37.9 Å². The molecule has 8 aromatic rings. The van der Waals surface area contributed by atoms with E-state index in [1.54, 1.807) is 28.4 Å². The quantitative estimate of drug-likeness (QED) is 0.160. The molecule has 1 N–H and O–H groups in total. The van der Waals surface area contributed by atoms with Crippen molar-refractivity contribution in [1.29, 1.82) is 0 Å². The van der Waals surface area contributed by atoms with Crippen LogP contribution in [0, 0.1) is 0 Å². The number of aliphatic hydroxyl groups is 1. The van der Waals surface area contributed by atoms with E-state index < -0.39 is 6.10 Å². The Morgan fingerprint density at radius 1 is 0.190 bits per heavy atom. The molecule has 0 heterocycles. The number of hydrogen-bond acceptors (Lipinski definition) is 9. The summed E-state index contributed by atoms with van der Waals surface area (Å²) in [4.78, 5) is 0. The van der Waals surface area contributed by atoms with Gasteiger partial charge in [-0.15, -0.1) is 0 Å². The first kappa shape index (κ1) is 81.2. The van der Waals surface area contributed by atoms with Crippen LogP contribution in [0.1, 0.15) is 306 Å². The van der Waals surface area contributed by atoms with Gasteiger partial charge in [0.15, 0.2) is 0 Å². The zero-order chi connectivity index (χ0) is 78.0. The zero-order valence-corrected chi connectivity index (χ0v) is 70.5. The number of rotatable bonds is 8. The maximum atomic E-state index is 13.7. The molecule has 0 fully saturated rings. The van der Waals surface area contributed by atoms with Gasteiger partial charge in [0, 0.05) is 56.1 Å². The summed E-state index contributed by atoms with van der Waals surface area (Å²) in [6, 6.07) is 37.0. The maximum absolute atomic E-state index is 13.7. The highest BCUT2D eigenvalue weighted by Crippen LogP contribution is 2.49. The lowest BCUT2D eigenvalue weighted by molar-refractivity contribution is 0.208. The fourth-order valence-corrected chi connectivity index (χ4v) is 15.3. The summed E-state index contributed by atoms with van der Waals surface area (Å²) in [6.45, 7) is 54.6. The molecule has 0 radical (unpaired) electrons. The molecule has 9 nitrogen and oxygen atoms in total. The van der Waals surface area contributed by atoms with Crippen LogP contribution in [0.4, 0.5) is 0 Å². The van der Waals surface area contributed by atoms with Gasteiger partial charge in [0.1, 0.15) is 52.1 Å². The molecule has 0 aromatic heterocycles. The van der Waals surface area contributed by atoms with Crippen LogP contribution in [0.3, 0.4) is 0 Å². The van der Waals surface area contributed by atoms with Crippen LogP contribution in [-0.4, -0.2) is 62.0 Å². The van der Waals surface area contributed by atoms with Gasteiger partial charge in [-0.2, -0.15) is 0 Å². The van der Waals surface area contributed by atoms with Gasteiger partial charge in [0.25, 0.3) is 0 Å². The predicted molar refractivity (Wildman–Crippen MR) is 437 cm³/mol. The lowest BCUT2D eigenvalue weighted by Crippen LogP contribution is -2.18. The molecule has 0 saturated heterocycles. The topological polar surface area (TPSA) is 94.1 Å². The summed E-state index contributed by atoms with van der Waals surface area (Å²) in [5.74, 6) is 6.14. The first-order chi connectivity index (χ1) is 48.6. The van der Waals surface area contributed by atoms with E-state index in [0.29, 0.717) is 67.6 Å². The normalized spacial score (nSPS) is 14.0. The third-order valence-corrected chi connectivity index (χ3v) is 21.7. The van der Waals surface area contributed by atoms with Crippen molar-refractivity contribution in [2.75, 3.05) is 56.9 Å². The molecular formula is C96H128O9. The third kappa shape index (κ3) is 17.6. The summed E-state index contributed by atoms with van der Waals surface area (Å²) in [5.41, 5.74) is 23.1. The highest BCUT2D eigenvalue weighted by Gasteiger charge is 2.34. The summed E-state index contributed by atoms with van der Waals surface area (Å²) in [6.07, 6.45) is 2.39. The fourth-order valence-electron chi connectivity index (χ4n) is 15.3. The monoisotopic (exact) mass is 1420 g/mol. The van der Waals surface area contributed by atoms with Crippen molar-refractivity contribution in [2.24, 2.45) is 0 Å². The van der Waals surface area contributed by atoms with E-state index in [9.17, 15) is 5.11 Å².